The SMILES string of the molecule is Cn1c(=O)oc2ccc(-c3ccc(C[C@@H](C#N)NC(=O)C4CCCCN4C(=O)O)cc3)cc21. The number of hydrogen-bond donors (Lipinski definition) is 2. The summed E-state index contributed by atoms with van der Waals surface area (Å²) < 4.78 is 6.62. The molecule has 1 aliphatic rings. The second kappa shape index (κ2) is 9.20. The number of rotatable bonds is 5. The molecular weight excluding hydrogens is 424 g/mol. The lowest BCUT2D eigenvalue weighted by atomic mass is 9.99. The molecule has 0 bridgehead atoms. The highest BCUT2D eigenvalue weighted by Gasteiger charge is 2.33. The summed E-state index contributed by atoms with van der Waals surface area (Å²) in [5.41, 5.74) is 3.94. The Labute approximate surface area is 189 Å². The third-order valence-electron chi connectivity index (χ3n) is 6.04. The highest BCUT2D eigenvalue weighted by atomic mass is 16.4. The van der Waals surface area contributed by atoms with Crippen LogP contribution in [0.1, 0.15) is 24.8 Å². The van der Waals surface area contributed by atoms with Crippen molar-refractivity contribution in [2.45, 2.75) is 37.8 Å². The summed E-state index contributed by atoms with van der Waals surface area (Å²) in [7, 11) is 1.65. The Bertz CT molecular complexity index is 1280. The number of nitrogens with zero attached hydrogens (tertiary/aromatic N) is 3. The topological polar surface area (TPSA) is 129 Å². The summed E-state index contributed by atoms with van der Waals surface area (Å²) in [5.74, 6) is -0.846. The van der Waals surface area contributed by atoms with Gasteiger partial charge in [0.25, 0.3) is 0 Å². The standard InChI is InChI=1S/C24H24N4O5/c1-27-20-13-17(9-10-21(20)33-24(27)32)16-7-5-15(6-8-16)12-18(14-25)26-22(29)19-4-2-3-11-28(19)23(30)31/h5-10,13,18-19H,2-4,11-12H2,1H3,(H,26,29)(H,30,31)/t18-,19?/m0/s1. The minimum absolute atomic E-state index is 0.303. The van der Waals surface area contributed by atoms with Crippen LogP contribution in [0.25, 0.3) is 22.2 Å². The number of hydrogen-bond acceptors (Lipinski definition) is 5. The van der Waals surface area contributed by atoms with Crippen molar-refractivity contribution in [1.29, 1.82) is 5.26 Å². The van der Waals surface area contributed by atoms with Gasteiger partial charge in [-0.15, -0.1) is 0 Å². The molecule has 4 rings (SSSR count). The maximum absolute atomic E-state index is 12.6. The van der Waals surface area contributed by atoms with E-state index in [4.69, 9.17) is 4.42 Å². The van der Waals surface area contributed by atoms with Gasteiger partial charge in [0, 0.05) is 20.0 Å². The van der Waals surface area contributed by atoms with Crippen molar-refractivity contribution in [2.75, 3.05) is 6.54 Å². The molecule has 0 radical (unpaired) electrons. The molecule has 9 heteroatoms. The zero-order chi connectivity index (χ0) is 23.5. The van der Waals surface area contributed by atoms with Gasteiger partial charge in [-0.1, -0.05) is 30.3 Å². The van der Waals surface area contributed by atoms with E-state index in [1.54, 1.807) is 13.1 Å². The van der Waals surface area contributed by atoms with Crippen molar-refractivity contribution in [3.8, 4) is 17.2 Å². The van der Waals surface area contributed by atoms with Crippen molar-refractivity contribution < 1.29 is 19.1 Å². The van der Waals surface area contributed by atoms with Gasteiger partial charge in [0.05, 0.1) is 11.6 Å². The molecule has 1 saturated heterocycles. The molecule has 2 aromatic carbocycles. The largest absolute Gasteiger partial charge is 0.465 e. The lowest BCUT2D eigenvalue weighted by Crippen LogP contribution is -2.53. The fourth-order valence-electron chi connectivity index (χ4n) is 4.21. The van der Waals surface area contributed by atoms with Crippen LogP contribution in [0, 0.1) is 11.3 Å². The number of carbonyl (C=O) groups excluding carboxylic acids is 1. The van der Waals surface area contributed by atoms with E-state index in [1.807, 2.05) is 36.4 Å². The molecule has 1 aliphatic heterocycles. The van der Waals surface area contributed by atoms with Gasteiger partial charge in [0.2, 0.25) is 5.91 Å². The smallest absolute Gasteiger partial charge is 0.419 e. The van der Waals surface area contributed by atoms with Crippen LogP contribution in [-0.2, 0) is 18.3 Å². The van der Waals surface area contributed by atoms with E-state index in [-0.39, 0.29) is 0 Å². The fourth-order valence-corrected chi connectivity index (χ4v) is 4.21. The minimum Gasteiger partial charge on any atom is -0.465 e. The van der Waals surface area contributed by atoms with Crippen molar-refractivity contribution in [3.63, 3.8) is 0 Å². The summed E-state index contributed by atoms with van der Waals surface area (Å²) in [6.07, 6.45) is 1.15. The summed E-state index contributed by atoms with van der Waals surface area (Å²) in [6, 6.07) is 13.7. The Kier molecular flexibility index (Phi) is 6.18. The van der Waals surface area contributed by atoms with Crippen LogP contribution in [0.5, 0.6) is 0 Å². The molecule has 3 aromatic rings. The lowest BCUT2D eigenvalue weighted by molar-refractivity contribution is -0.127. The summed E-state index contributed by atoms with van der Waals surface area (Å²) in [4.78, 5) is 36.9. The molecule has 1 aromatic heterocycles. The van der Waals surface area contributed by atoms with Gasteiger partial charge in [-0.05, 0) is 48.1 Å². The lowest BCUT2D eigenvalue weighted by Gasteiger charge is -2.32. The van der Waals surface area contributed by atoms with Crippen LogP contribution in [0.2, 0.25) is 0 Å². The molecule has 0 aliphatic carbocycles. The second-order valence-electron chi connectivity index (χ2n) is 8.19. The molecule has 0 saturated carbocycles. The molecule has 2 amide bonds. The quantitative estimate of drug-likeness (QED) is 0.618. The number of carbonyl (C=O) groups is 2. The van der Waals surface area contributed by atoms with Gasteiger partial charge in [0.15, 0.2) is 5.58 Å². The number of aromatic nitrogens is 1. The average molecular weight is 448 g/mol. The first kappa shape index (κ1) is 22.1. The van der Waals surface area contributed by atoms with Crippen LogP contribution in [0.4, 0.5) is 4.79 Å². The maximum atomic E-state index is 12.6. The Hall–Kier alpha value is -4.06. The number of oxazole rings is 1. The van der Waals surface area contributed by atoms with Crippen LogP contribution >= 0.6 is 0 Å². The number of nitrogens with one attached hydrogen (secondary N) is 1. The van der Waals surface area contributed by atoms with Crippen molar-refractivity contribution in [1.82, 2.24) is 14.8 Å². The van der Waals surface area contributed by atoms with Crippen molar-refractivity contribution >= 4 is 23.1 Å². The Morgan fingerprint density at radius 2 is 1.94 bits per heavy atom. The summed E-state index contributed by atoms with van der Waals surface area (Å²) in [6.45, 7) is 0.324. The minimum atomic E-state index is -1.12. The van der Waals surface area contributed by atoms with Crippen LogP contribution in [-0.4, -0.2) is 45.2 Å². The van der Waals surface area contributed by atoms with Crippen molar-refractivity contribution in [2.24, 2.45) is 7.05 Å². The van der Waals surface area contributed by atoms with E-state index < -0.39 is 29.8 Å². The normalized spacial score (nSPS) is 16.8. The molecular formula is C24H24N4O5. The van der Waals surface area contributed by atoms with Crippen LogP contribution < -0.4 is 11.1 Å². The molecule has 33 heavy (non-hydrogen) atoms. The number of amides is 2. The molecule has 1 fully saturated rings. The highest BCUT2D eigenvalue weighted by molar-refractivity contribution is 5.86. The Balaban J connectivity index is 1.45. The molecule has 2 atom stereocenters. The molecule has 0 spiro atoms. The third-order valence-corrected chi connectivity index (χ3v) is 6.04. The second-order valence-corrected chi connectivity index (χ2v) is 8.19. The average Bonchev–Trinajstić information content (AvgIpc) is 3.11. The predicted molar refractivity (Wildman–Crippen MR) is 121 cm³/mol. The molecule has 170 valence electrons. The van der Waals surface area contributed by atoms with Crippen molar-refractivity contribution in [3.05, 3.63) is 58.6 Å². The first-order chi connectivity index (χ1) is 15.9. The summed E-state index contributed by atoms with van der Waals surface area (Å²) in [5, 5.41) is 21.6. The number of nitriles is 1. The third kappa shape index (κ3) is 4.60. The van der Waals surface area contributed by atoms with Gasteiger partial charge in [-0.2, -0.15) is 5.26 Å². The number of piperidine rings is 1. The van der Waals surface area contributed by atoms with Gasteiger partial charge >= 0.3 is 11.8 Å². The monoisotopic (exact) mass is 448 g/mol. The first-order valence-corrected chi connectivity index (χ1v) is 10.8. The van der Waals surface area contributed by atoms with Crippen LogP contribution in [0.15, 0.2) is 51.7 Å². The van der Waals surface area contributed by atoms with E-state index in [2.05, 4.69) is 11.4 Å². The Morgan fingerprint density at radius 1 is 1.21 bits per heavy atom. The van der Waals surface area contributed by atoms with Gasteiger partial charge in [0.1, 0.15) is 12.1 Å². The zero-order valence-electron chi connectivity index (χ0n) is 18.2. The van der Waals surface area contributed by atoms with E-state index in [0.717, 1.165) is 34.4 Å². The van der Waals surface area contributed by atoms with Gasteiger partial charge in [-0.3, -0.25) is 14.3 Å². The Morgan fingerprint density at radius 3 is 2.64 bits per heavy atom. The van der Waals surface area contributed by atoms with E-state index in [9.17, 15) is 24.8 Å². The van der Waals surface area contributed by atoms with Gasteiger partial charge < -0.3 is 14.8 Å². The molecule has 9 nitrogen and oxygen atoms in total. The summed E-state index contributed by atoms with van der Waals surface area (Å²) >= 11 is 0. The zero-order valence-corrected chi connectivity index (χ0v) is 18.2. The van der Waals surface area contributed by atoms with E-state index >= 15 is 0 Å². The maximum Gasteiger partial charge on any atom is 0.419 e. The number of aryl methyl sites for hydroxylation is 1. The molecule has 2 heterocycles. The number of fused-ring (bicyclic) bond motifs is 1. The number of carboxylic acid groups (broad SMARTS) is 1. The van der Waals surface area contributed by atoms with E-state index in [0.29, 0.717) is 30.5 Å². The predicted octanol–water partition coefficient (Wildman–Crippen LogP) is 2.88. The van der Waals surface area contributed by atoms with Crippen LogP contribution in [0.3, 0.4) is 0 Å². The first-order valence-electron chi connectivity index (χ1n) is 10.8. The number of likely N-dealkylation sites (tertiary alicyclic amines) is 1. The molecule has 2 N–H and O–H groups in total. The fraction of sp³-hybridized carbons (Fsp3) is 0.333. The number of benzene rings is 2. The van der Waals surface area contributed by atoms with E-state index in [1.165, 1.54) is 4.57 Å². The molecule has 1 unspecified atom stereocenters. The highest BCUT2D eigenvalue weighted by Crippen LogP contribution is 2.24. The van der Waals surface area contributed by atoms with Gasteiger partial charge in [-0.25, -0.2) is 9.59 Å².